The number of carbonyl (C=O) groups excluding carboxylic acids is 1. The van der Waals surface area contributed by atoms with Crippen molar-refractivity contribution in [3.05, 3.63) is 96.2 Å². The summed E-state index contributed by atoms with van der Waals surface area (Å²) in [6.07, 6.45) is 5.40. The van der Waals surface area contributed by atoms with Crippen LogP contribution in [0.5, 0.6) is 11.5 Å². The van der Waals surface area contributed by atoms with Crippen LogP contribution in [0.1, 0.15) is 12.5 Å². The van der Waals surface area contributed by atoms with Crippen molar-refractivity contribution in [3.8, 4) is 17.2 Å². The second-order valence-electron chi connectivity index (χ2n) is 7.70. The number of hydrogen-bond acceptors (Lipinski definition) is 4. The number of pyridine rings is 1. The van der Waals surface area contributed by atoms with Gasteiger partial charge in [-0.25, -0.2) is 4.79 Å². The second-order valence-corrected chi connectivity index (χ2v) is 7.70. The van der Waals surface area contributed by atoms with Gasteiger partial charge in [0, 0.05) is 25.4 Å². The molecule has 1 aliphatic rings. The van der Waals surface area contributed by atoms with Crippen LogP contribution in [0.25, 0.3) is 16.7 Å². The molecule has 3 heterocycles. The minimum atomic E-state index is -0.164. The van der Waals surface area contributed by atoms with Crippen LogP contribution in [-0.4, -0.2) is 38.0 Å². The number of fused-ring (bicyclic) bond motifs is 1. The zero-order valence-electron chi connectivity index (χ0n) is 17.4. The van der Waals surface area contributed by atoms with Crippen LogP contribution < -0.4 is 10.4 Å². The van der Waals surface area contributed by atoms with E-state index in [0.29, 0.717) is 36.5 Å². The molecule has 0 spiro atoms. The molecule has 5 rings (SSSR count). The Balaban J connectivity index is 1.57. The molecule has 0 aliphatic carbocycles. The van der Waals surface area contributed by atoms with E-state index >= 15 is 0 Å². The molecule has 1 fully saturated rings. The number of amides is 1. The van der Waals surface area contributed by atoms with Crippen molar-refractivity contribution < 1.29 is 9.53 Å². The Hall–Kier alpha value is -4.13. The highest BCUT2D eigenvalue weighted by Gasteiger charge is 2.30. The van der Waals surface area contributed by atoms with Crippen LogP contribution in [0.15, 0.2) is 90.5 Å². The number of likely N-dealkylation sites (tertiary alicyclic amines) is 1. The Bertz CT molecular complexity index is 1360. The molecule has 1 atom stereocenters. The van der Waals surface area contributed by atoms with E-state index in [1.54, 1.807) is 26.4 Å². The first-order valence-corrected chi connectivity index (χ1v) is 10.5. The molecular formula is C25H22N4O3. The minimum Gasteiger partial charge on any atom is -0.457 e. The van der Waals surface area contributed by atoms with E-state index in [2.05, 4.69) is 11.6 Å². The lowest BCUT2D eigenvalue weighted by Crippen LogP contribution is -2.31. The van der Waals surface area contributed by atoms with Crippen molar-refractivity contribution in [1.29, 1.82) is 0 Å². The largest absolute Gasteiger partial charge is 0.457 e. The summed E-state index contributed by atoms with van der Waals surface area (Å²) in [4.78, 5) is 31.6. The van der Waals surface area contributed by atoms with Crippen LogP contribution in [0.3, 0.4) is 0 Å². The van der Waals surface area contributed by atoms with Gasteiger partial charge in [0.2, 0.25) is 5.91 Å². The highest BCUT2D eigenvalue weighted by Crippen LogP contribution is 2.28. The first-order chi connectivity index (χ1) is 15.7. The highest BCUT2D eigenvalue weighted by atomic mass is 16.5. The maximum atomic E-state index is 13.6. The molecule has 0 bridgehead atoms. The summed E-state index contributed by atoms with van der Waals surface area (Å²) in [6, 6.07) is 18.7. The first-order valence-electron chi connectivity index (χ1n) is 10.5. The molecule has 0 radical (unpaired) electrons. The van der Waals surface area contributed by atoms with Gasteiger partial charge in [0.15, 0.2) is 0 Å². The minimum absolute atomic E-state index is 0.110. The van der Waals surface area contributed by atoms with Crippen molar-refractivity contribution in [2.45, 2.75) is 12.5 Å². The Kier molecular flexibility index (Phi) is 5.07. The average Bonchev–Trinajstić information content (AvgIpc) is 3.41. The van der Waals surface area contributed by atoms with E-state index in [0.717, 1.165) is 11.3 Å². The summed E-state index contributed by atoms with van der Waals surface area (Å²) in [7, 11) is 0. The van der Waals surface area contributed by atoms with Gasteiger partial charge in [-0.05, 0) is 42.8 Å². The molecule has 2 aromatic carbocycles. The predicted octanol–water partition coefficient (Wildman–Crippen LogP) is 3.94. The molecular weight excluding hydrogens is 404 g/mol. The zero-order valence-corrected chi connectivity index (χ0v) is 17.4. The van der Waals surface area contributed by atoms with E-state index < -0.39 is 0 Å². The smallest absolute Gasteiger partial charge is 0.334 e. The Morgan fingerprint density at radius 1 is 1.06 bits per heavy atom. The lowest BCUT2D eigenvalue weighted by molar-refractivity contribution is -0.125. The van der Waals surface area contributed by atoms with E-state index in [1.165, 1.54) is 6.08 Å². The number of carbonyl (C=O) groups is 1. The molecule has 1 saturated heterocycles. The molecule has 4 aromatic rings. The lowest BCUT2D eigenvalue weighted by Gasteiger charge is -2.15. The number of imidazole rings is 1. The number of ether oxygens (including phenoxy) is 1. The van der Waals surface area contributed by atoms with E-state index in [-0.39, 0.29) is 17.6 Å². The van der Waals surface area contributed by atoms with Crippen molar-refractivity contribution in [3.63, 3.8) is 0 Å². The third kappa shape index (κ3) is 3.47. The normalized spacial score (nSPS) is 15.8. The van der Waals surface area contributed by atoms with Gasteiger partial charge in [0.05, 0.1) is 29.0 Å². The van der Waals surface area contributed by atoms with Crippen LogP contribution in [0.2, 0.25) is 0 Å². The fourth-order valence-corrected chi connectivity index (χ4v) is 4.26. The molecule has 1 aliphatic heterocycles. The standard InChI is InChI=1S/C25H22N4O3/c1-2-24(30)27-14-12-19(17-27)29-22-11-13-26-16-23(22)28(25(29)31)18-7-6-10-21(15-18)32-20-8-4-3-5-9-20/h2-11,13,15-16,19H,1,12,14,17H2. The number of benzene rings is 2. The SMILES string of the molecule is C=CC(=O)N1CCC(n2c(=O)n(-c3cccc(Oc4ccccc4)c3)c3cnccc32)C1. The number of aromatic nitrogens is 3. The molecule has 0 N–H and O–H groups in total. The average molecular weight is 426 g/mol. The quantitative estimate of drug-likeness (QED) is 0.453. The summed E-state index contributed by atoms with van der Waals surface area (Å²) >= 11 is 0. The Morgan fingerprint density at radius 3 is 2.69 bits per heavy atom. The first kappa shape index (κ1) is 19.8. The Morgan fingerprint density at radius 2 is 1.88 bits per heavy atom. The number of nitrogens with zero attached hydrogens (tertiary/aromatic N) is 4. The van der Waals surface area contributed by atoms with Crippen LogP contribution in [0.4, 0.5) is 0 Å². The monoisotopic (exact) mass is 426 g/mol. The van der Waals surface area contributed by atoms with Gasteiger partial charge in [-0.2, -0.15) is 0 Å². The topological polar surface area (TPSA) is 69.4 Å². The van der Waals surface area contributed by atoms with Crippen molar-refractivity contribution in [1.82, 2.24) is 19.0 Å². The van der Waals surface area contributed by atoms with Crippen LogP contribution >= 0.6 is 0 Å². The molecule has 0 saturated carbocycles. The number of rotatable bonds is 5. The molecule has 32 heavy (non-hydrogen) atoms. The van der Waals surface area contributed by atoms with E-state index in [1.807, 2.05) is 60.7 Å². The van der Waals surface area contributed by atoms with Crippen molar-refractivity contribution in [2.24, 2.45) is 0 Å². The number of para-hydroxylation sites is 1. The van der Waals surface area contributed by atoms with Gasteiger partial charge in [-0.15, -0.1) is 0 Å². The summed E-state index contributed by atoms with van der Waals surface area (Å²) < 4.78 is 9.39. The molecule has 1 amide bonds. The zero-order chi connectivity index (χ0) is 22.1. The molecule has 1 unspecified atom stereocenters. The summed E-state index contributed by atoms with van der Waals surface area (Å²) in [6.45, 7) is 4.64. The van der Waals surface area contributed by atoms with Gasteiger partial charge >= 0.3 is 5.69 Å². The van der Waals surface area contributed by atoms with Crippen molar-refractivity contribution >= 4 is 16.9 Å². The van der Waals surface area contributed by atoms with Gasteiger partial charge in [-0.3, -0.25) is 18.9 Å². The number of hydrogen-bond donors (Lipinski definition) is 0. The molecule has 7 heteroatoms. The van der Waals surface area contributed by atoms with E-state index in [9.17, 15) is 9.59 Å². The van der Waals surface area contributed by atoms with Gasteiger partial charge in [-0.1, -0.05) is 30.8 Å². The summed E-state index contributed by atoms with van der Waals surface area (Å²) in [5.41, 5.74) is 2.03. The molecule has 2 aromatic heterocycles. The lowest BCUT2D eigenvalue weighted by atomic mass is 10.2. The van der Waals surface area contributed by atoms with Gasteiger partial charge < -0.3 is 9.64 Å². The predicted molar refractivity (Wildman–Crippen MR) is 122 cm³/mol. The second kappa shape index (κ2) is 8.19. The fraction of sp³-hybridized carbons (Fsp3) is 0.160. The maximum absolute atomic E-state index is 13.6. The van der Waals surface area contributed by atoms with E-state index in [4.69, 9.17) is 4.74 Å². The summed E-state index contributed by atoms with van der Waals surface area (Å²) in [5, 5.41) is 0. The molecule has 160 valence electrons. The molecule has 7 nitrogen and oxygen atoms in total. The maximum Gasteiger partial charge on any atom is 0.334 e. The van der Waals surface area contributed by atoms with Crippen LogP contribution in [0, 0.1) is 0 Å². The summed E-state index contributed by atoms with van der Waals surface area (Å²) in [5.74, 6) is 1.24. The van der Waals surface area contributed by atoms with Crippen molar-refractivity contribution in [2.75, 3.05) is 13.1 Å². The Labute approximate surface area is 184 Å². The van der Waals surface area contributed by atoms with Gasteiger partial charge in [0.1, 0.15) is 11.5 Å². The third-order valence-corrected chi connectivity index (χ3v) is 5.75. The van der Waals surface area contributed by atoms with Crippen LogP contribution in [-0.2, 0) is 4.79 Å². The fourth-order valence-electron chi connectivity index (χ4n) is 4.26. The third-order valence-electron chi connectivity index (χ3n) is 5.75. The van der Waals surface area contributed by atoms with Gasteiger partial charge in [0.25, 0.3) is 0 Å². The highest BCUT2D eigenvalue weighted by molar-refractivity contribution is 5.87.